The first kappa shape index (κ1) is 16.2. The van der Waals surface area contributed by atoms with Gasteiger partial charge >= 0.3 is 0 Å². The number of hydrogen-bond donors (Lipinski definition) is 2. The van der Waals surface area contributed by atoms with Crippen LogP contribution in [-0.2, 0) is 19.3 Å². The fourth-order valence-electron chi connectivity index (χ4n) is 5.01. The van der Waals surface area contributed by atoms with E-state index in [1.807, 2.05) is 23.7 Å². The van der Waals surface area contributed by atoms with Crippen LogP contribution in [0.4, 0.5) is 5.69 Å². The molecule has 1 saturated carbocycles. The van der Waals surface area contributed by atoms with E-state index < -0.39 is 0 Å². The normalized spacial score (nSPS) is 19.3. The zero-order chi connectivity index (χ0) is 18.9. The van der Waals surface area contributed by atoms with Gasteiger partial charge in [0.15, 0.2) is 5.65 Å². The van der Waals surface area contributed by atoms with Crippen molar-refractivity contribution in [1.82, 2.24) is 14.7 Å². The van der Waals surface area contributed by atoms with E-state index in [4.69, 9.17) is 4.98 Å². The average molecular weight is 372 g/mol. The number of carbonyl (C=O) groups excluding carboxylic acids is 1. The van der Waals surface area contributed by atoms with E-state index in [1.54, 1.807) is 0 Å². The number of nitrogens with zero attached hydrogens (tertiary/aromatic N) is 2. The lowest BCUT2D eigenvalue weighted by molar-refractivity contribution is 0.0949. The minimum atomic E-state index is 0.0304. The molecule has 28 heavy (non-hydrogen) atoms. The molecule has 2 N–H and O–H groups in total. The molecule has 5 heteroatoms. The molecule has 1 amide bonds. The number of rotatable bonds is 2. The Kier molecular flexibility index (Phi) is 3.23. The molecule has 142 valence electrons. The quantitative estimate of drug-likeness (QED) is 0.725. The first-order valence-corrected chi connectivity index (χ1v) is 10.3. The molecule has 3 heterocycles. The molecule has 1 spiro atoms. The van der Waals surface area contributed by atoms with Crippen LogP contribution >= 0.6 is 0 Å². The van der Waals surface area contributed by atoms with Crippen LogP contribution in [0, 0.1) is 6.92 Å². The largest absolute Gasteiger partial charge is 0.376 e. The van der Waals surface area contributed by atoms with Crippen LogP contribution in [0.5, 0.6) is 0 Å². The molecule has 1 aliphatic heterocycles. The molecule has 2 aromatic heterocycles. The second-order valence-electron chi connectivity index (χ2n) is 8.78. The van der Waals surface area contributed by atoms with Crippen molar-refractivity contribution in [3.8, 4) is 0 Å². The number of aryl methyl sites for hydroxylation is 1. The third kappa shape index (κ3) is 2.45. The van der Waals surface area contributed by atoms with Crippen molar-refractivity contribution in [2.24, 2.45) is 0 Å². The Bertz CT molecular complexity index is 1100. The lowest BCUT2D eigenvalue weighted by Crippen LogP contribution is -2.43. The highest BCUT2D eigenvalue weighted by Gasteiger charge is 2.41. The second-order valence-corrected chi connectivity index (χ2v) is 8.78. The van der Waals surface area contributed by atoms with Crippen molar-refractivity contribution in [3.05, 3.63) is 64.6 Å². The summed E-state index contributed by atoms with van der Waals surface area (Å²) in [7, 11) is 0. The Morgan fingerprint density at radius 2 is 1.96 bits per heavy atom. The summed E-state index contributed by atoms with van der Waals surface area (Å²) in [5.41, 5.74) is 7.79. The highest BCUT2D eigenvalue weighted by Crippen LogP contribution is 2.43. The summed E-state index contributed by atoms with van der Waals surface area (Å²) in [4.78, 5) is 17.7. The molecule has 0 radical (unpaired) electrons. The van der Waals surface area contributed by atoms with E-state index >= 15 is 0 Å². The van der Waals surface area contributed by atoms with Crippen LogP contribution in [0.15, 0.2) is 36.7 Å². The maximum atomic E-state index is 12.9. The van der Waals surface area contributed by atoms with Gasteiger partial charge in [0.2, 0.25) is 0 Å². The Balaban J connectivity index is 1.45. The van der Waals surface area contributed by atoms with Crippen LogP contribution in [0.25, 0.3) is 5.65 Å². The van der Waals surface area contributed by atoms with Gasteiger partial charge in [-0.25, -0.2) is 4.98 Å². The first-order chi connectivity index (χ1) is 13.6. The highest BCUT2D eigenvalue weighted by molar-refractivity contribution is 5.99. The maximum Gasteiger partial charge on any atom is 0.253 e. The van der Waals surface area contributed by atoms with E-state index in [1.165, 1.54) is 11.1 Å². The fourth-order valence-corrected chi connectivity index (χ4v) is 5.01. The van der Waals surface area contributed by atoms with E-state index in [0.717, 1.165) is 66.7 Å². The van der Waals surface area contributed by atoms with Gasteiger partial charge in [0, 0.05) is 24.0 Å². The maximum absolute atomic E-state index is 12.9. The SMILES string of the molecule is Cc1cn2cc(C(=O)NC3CC3)c3c(c2n1)NC1(CC3)Cc2ccccc2C1. The standard InChI is InChI=1S/C23H24N4O/c1-14-12-27-13-19(22(28)25-17-6-7-17)18-8-9-23(26-20(18)21(27)24-14)10-15-4-2-3-5-16(15)11-23/h2-5,12-13,17,26H,6-11H2,1H3,(H,25,28). The molecule has 3 aromatic rings. The van der Waals surface area contributed by atoms with Gasteiger partial charge in [-0.15, -0.1) is 0 Å². The predicted molar refractivity (Wildman–Crippen MR) is 109 cm³/mol. The summed E-state index contributed by atoms with van der Waals surface area (Å²) in [6, 6.07) is 9.11. The number of pyridine rings is 1. The monoisotopic (exact) mass is 372 g/mol. The molecule has 3 aliphatic rings. The van der Waals surface area contributed by atoms with Gasteiger partial charge < -0.3 is 15.0 Å². The van der Waals surface area contributed by atoms with E-state index in [-0.39, 0.29) is 11.4 Å². The second kappa shape index (κ2) is 5.60. The summed E-state index contributed by atoms with van der Waals surface area (Å²) in [6.07, 6.45) is 10.2. The van der Waals surface area contributed by atoms with Crippen LogP contribution in [-0.4, -0.2) is 26.9 Å². The molecular weight excluding hydrogens is 348 g/mol. The fraction of sp³-hybridized carbons (Fsp3) is 0.391. The molecule has 0 unspecified atom stereocenters. The molecule has 0 bridgehead atoms. The molecular formula is C23H24N4O. The minimum Gasteiger partial charge on any atom is -0.376 e. The summed E-state index contributed by atoms with van der Waals surface area (Å²) in [5, 5.41) is 7.04. The van der Waals surface area contributed by atoms with Crippen LogP contribution in [0.1, 0.15) is 52.0 Å². The van der Waals surface area contributed by atoms with Crippen molar-refractivity contribution in [1.29, 1.82) is 0 Å². The van der Waals surface area contributed by atoms with Gasteiger partial charge in [-0.05, 0) is 62.1 Å². The lowest BCUT2D eigenvalue weighted by atomic mass is 9.82. The van der Waals surface area contributed by atoms with Gasteiger partial charge in [0.25, 0.3) is 5.91 Å². The van der Waals surface area contributed by atoms with Crippen LogP contribution < -0.4 is 10.6 Å². The summed E-state index contributed by atoms with van der Waals surface area (Å²) >= 11 is 0. The van der Waals surface area contributed by atoms with Gasteiger partial charge in [0.05, 0.1) is 16.9 Å². The number of imidazole rings is 1. The smallest absolute Gasteiger partial charge is 0.253 e. The molecule has 6 rings (SSSR count). The van der Waals surface area contributed by atoms with Crippen molar-refractivity contribution in [2.45, 2.75) is 57.0 Å². The number of fused-ring (bicyclic) bond motifs is 4. The number of amides is 1. The van der Waals surface area contributed by atoms with Gasteiger partial charge in [0.1, 0.15) is 0 Å². The van der Waals surface area contributed by atoms with Crippen LogP contribution in [0.2, 0.25) is 0 Å². The number of carbonyl (C=O) groups is 1. The average Bonchev–Trinajstić information content (AvgIpc) is 3.29. The molecule has 1 fully saturated rings. The zero-order valence-electron chi connectivity index (χ0n) is 16.1. The Morgan fingerprint density at radius 3 is 2.68 bits per heavy atom. The summed E-state index contributed by atoms with van der Waals surface area (Å²) in [5.74, 6) is 0.0551. The van der Waals surface area contributed by atoms with E-state index in [0.29, 0.717) is 6.04 Å². The molecule has 1 aromatic carbocycles. The number of benzene rings is 1. The molecule has 0 saturated heterocycles. The molecule has 2 aliphatic carbocycles. The van der Waals surface area contributed by atoms with Gasteiger partial charge in [-0.1, -0.05) is 24.3 Å². The number of anilines is 1. The third-order valence-corrected chi connectivity index (χ3v) is 6.55. The summed E-state index contributed by atoms with van der Waals surface area (Å²) < 4.78 is 2.02. The Labute approximate surface area is 164 Å². The first-order valence-electron chi connectivity index (χ1n) is 10.3. The Hall–Kier alpha value is -2.82. The van der Waals surface area contributed by atoms with Crippen molar-refractivity contribution in [3.63, 3.8) is 0 Å². The van der Waals surface area contributed by atoms with Gasteiger partial charge in [-0.3, -0.25) is 4.79 Å². The Morgan fingerprint density at radius 1 is 1.21 bits per heavy atom. The lowest BCUT2D eigenvalue weighted by Gasteiger charge is -2.37. The third-order valence-electron chi connectivity index (χ3n) is 6.55. The molecule has 5 nitrogen and oxygen atoms in total. The number of nitrogens with one attached hydrogen (secondary N) is 2. The van der Waals surface area contributed by atoms with Crippen molar-refractivity contribution in [2.75, 3.05) is 5.32 Å². The van der Waals surface area contributed by atoms with Crippen molar-refractivity contribution >= 4 is 17.2 Å². The zero-order valence-corrected chi connectivity index (χ0v) is 16.1. The van der Waals surface area contributed by atoms with E-state index in [2.05, 4.69) is 34.9 Å². The molecule has 0 atom stereocenters. The summed E-state index contributed by atoms with van der Waals surface area (Å²) in [6.45, 7) is 2.01. The highest BCUT2D eigenvalue weighted by atomic mass is 16.1. The van der Waals surface area contributed by atoms with Crippen LogP contribution in [0.3, 0.4) is 0 Å². The van der Waals surface area contributed by atoms with Gasteiger partial charge in [-0.2, -0.15) is 0 Å². The van der Waals surface area contributed by atoms with E-state index in [9.17, 15) is 4.79 Å². The topological polar surface area (TPSA) is 58.4 Å². The predicted octanol–water partition coefficient (Wildman–Crippen LogP) is 3.43. The minimum absolute atomic E-state index is 0.0304. The number of hydrogen-bond acceptors (Lipinski definition) is 3. The number of aromatic nitrogens is 2. The van der Waals surface area contributed by atoms with Crippen molar-refractivity contribution < 1.29 is 4.79 Å².